The molecular formula is C14H18N4OS. The highest BCUT2D eigenvalue weighted by atomic mass is 32.2. The quantitative estimate of drug-likeness (QED) is 0.853. The van der Waals surface area contributed by atoms with Crippen molar-refractivity contribution in [1.29, 1.82) is 0 Å². The van der Waals surface area contributed by atoms with Crippen molar-refractivity contribution in [2.75, 3.05) is 12.3 Å². The summed E-state index contributed by atoms with van der Waals surface area (Å²) >= 11 is 1.39. The Kier molecular flexibility index (Phi) is 4.79. The molecule has 0 saturated carbocycles. The number of hydrogen-bond acceptors (Lipinski definition) is 6. The molecule has 2 aromatic heterocycles. The molecule has 0 aliphatic rings. The van der Waals surface area contributed by atoms with Gasteiger partial charge >= 0.3 is 0 Å². The Bertz CT molecular complexity index is 589. The average molecular weight is 290 g/mol. The summed E-state index contributed by atoms with van der Waals surface area (Å²) in [7, 11) is 0. The number of aryl methyl sites for hydroxylation is 1. The molecule has 0 fully saturated rings. The van der Waals surface area contributed by atoms with E-state index in [1.54, 1.807) is 12.3 Å². The zero-order valence-electron chi connectivity index (χ0n) is 11.8. The van der Waals surface area contributed by atoms with Crippen LogP contribution in [-0.2, 0) is 0 Å². The average Bonchev–Trinajstić information content (AvgIpc) is 2.39. The molecule has 0 atom stereocenters. The Morgan fingerprint density at radius 3 is 2.75 bits per heavy atom. The van der Waals surface area contributed by atoms with Crippen LogP contribution >= 0.6 is 11.8 Å². The van der Waals surface area contributed by atoms with Crippen molar-refractivity contribution in [3.63, 3.8) is 0 Å². The standard InChI is InChI=1S/C14H18N4OS/c1-9(2)8-19-13-11(15)4-5-12(18-13)20-14-16-7-6-10(3)17-14/h4-7,9H,8,15H2,1-3H3. The number of nitrogens with zero attached hydrogens (tertiary/aromatic N) is 3. The number of ether oxygens (including phenoxy) is 1. The van der Waals surface area contributed by atoms with Gasteiger partial charge in [0.25, 0.3) is 0 Å². The summed E-state index contributed by atoms with van der Waals surface area (Å²) < 4.78 is 5.61. The van der Waals surface area contributed by atoms with Gasteiger partial charge in [-0.25, -0.2) is 15.0 Å². The first-order valence-corrected chi connectivity index (χ1v) is 7.23. The molecule has 2 N–H and O–H groups in total. The van der Waals surface area contributed by atoms with Crippen LogP contribution in [0.4, 0.5) is 5.69 Å². The molecule has 0 amide bonds. The highest BCUT2D eigenvalue weighted by Crippen LogP contribution is 2.27. The molecule has 20 heavy (non-hydrogen) atoms. The fraction of sp³-hybridized carbons (Fsp3) is 0.357. The number of nitrogen functional groups attached to an aromatic ring is 1. The molecule has 0 saturated heterocycles. The Balaban J connectivity index is 2.14. The van der Waals surface area contributed by atoms with Gasteiger partial charge in [0.2, 0.25) is 5.88 Å². The van der Waals surface area contributed by atoms with Crippen LogP contribution in [0.1, 0.15) is 19.5 Å². The maximum atomic E-state index is 5.87. The lowest BCUT2D eigenvalue weighted by molar-refractivity contribution is 0.261. The molecule has 0 aromatic carbocycles. The van der Waals surface area contributed by atoms with E-state index in [1.807, 2.05) is 19.1 Å². The predicted molar refractivity (Wildman–Crippen MR) is 79.9 cm³/mol. The molecule has 106 valence electrons. The molecule has 2 rings (SSSR count). The number of pyridine rings is 1. The van der Waals surface area contributed by atoms with Gasteiger partial charge in [-0.2, -0.15) is 0 Å². The number of aromatic nitrogens is 3. The van der Waals surface area contributed by atoms with Gasteiger partial charge in [0.15, 0.2) is 5.16 Å². The molecule has 0 bridgehead atoms. The van der Waals surface area contributed by atoms with Crippen LogP contribution < -0.4 is 10.5 Å². The van der Waals surface area contributed by atoms with E-state index in [2.05, 4.69) is 28.8 Å². The third kappa shape index (κ3) is 4.09. The summed E-state index contributed by atoms with van der Waals surface area (Å²) in [6.45, 7) is 6.68. The van der Waals surface area contributed by atoms with E-state index in [9.17, 15) is 0 Å². The highest BCUT2D eigenvalue weighted by molar-refractivity contribution is 7.99. The summed E-state index contributed by atoms with van der Waals surface area (Å²) in [6.07, 6.45) is 1.73. The van der Waals surface area contributed by atoms with Crippen LogP contribution in [0.2, 0.25) is 0 Å². The molecule has 0 spiro atoms. The maximum absolute atomic E-state index is 5.87. The summed E-state index contributed by atoms with van der Waals surface area (Å²) in [6, 6.07) is 5.49. The van der Waals surface area contributed by atoms with Crippen molar-refractivity contribution in [2.45, 2.75) is 31.0 Å². The zero-order valence-corrected chi connectivity index (χ0v) is 12.6. The van der Waals surface area contributed by atoms with Gasteiger partial charge in [0.1, 0.15) is 5.03 Å². The van der Waals surface area contributed by atoms with Gasteiger partial charge < -0.3 is 10.5 Å². The summed E-state index contributed by atoms with van der Waals surface area (Å²) in [5.74, 6) is 0.893. The maximum Gasteiger partial charge on any atom is 0.238 e. The topological polar surface area (TPSA) is 73.9 Å². The molecule has 2 aromatic rings. The Labute approximate surface area is 123 Å². The van der Waals surface area contributed by atoms with Crippen LogP contribution in [0.3, 0.4) is 0 Å². The SMILES string of the molecule is Cc1ccnc(Sc2ccc(N)c(OCC(C)C)n2)n1. The van der Waals surface area contributed by atoms with E-state index in [-0.39, 0.29) is 0 Å². The van der Waals surface area contributed by atoms with E-state index in [1.165, 1.54) is 11.8 Å². The van der Waals surface area contributed by atoms with Crippen molar-refractivity contribution in [3.05, 3.63) is 30.1 Å². The second-order valence-corrected chi connectivity index (χ2v) is 5.82. The van der Waals surface area contributed by atoms with Gasteiger partial charge in [-0.05, 0) is 42.8 Å². The summed E-state index contributed by atoms with van der Waals surface area (Å²) in [4.78, 5) is 12.9. The van der Waals surface area contributed by atoms with Crippen LogP contribution in [0.5, 0.6) is 5.88 Å². The third-order valence-corrected chi connectivity index (χ3v) is 3.20. The third-order valence-electron chi connectivity index (χ3n) is 2.39. The fourth-order valence-electron chi connectivity index (χ4n) is 1.42. The van der Waals surface area contributed by atoms with Gasteiger partial charge in [-0.3, -0.25) is 0 Å². The minimum Gasteiger partial charge on any atom is -0.476 e. The predicted octanol–water partition coefficient (Wildman–Crippen LogP) is 2.95. The number of hydrogen-bond donors (Lipinski definition) is 1. The summed E-state index contributed by atoms with van der Waals surface area (Å²) in [5, 5.41) is 1.43. The van der Waals surface area contributed by atoms with Gasteiger partial charge in [0, 0.05) is 11.9 Å². The van der Waals surface area contributed by atoms with E-state index in [4.69, 9.17) is 10.5 Å². The first kappa shape index (κ1) is 14.6. The lowest BCUT2D eigenvalue weighted by Crippen LogP contribution is -2.07. The van der Waals surface area contributed by atoms with E-state index < -0.39 is 0 Å². The van der Waals surface area contributed by atoms with Crippen molar-refractivity contribution in [2.24, 2.45) is 5.92 Å². The van der Waals surface area contributed by atoms with Crippen molar-refractivity contribution in [3.8, 4) is 5.88 Å². The van der Waals surface area contributed by atoms with Crippen LogP contribution in [0, 0.1) is 12.8 Å². The lowest BCUT2D eigenvalue weighted by Gasteiger charge is -2.10. The molecule has 6 heteroatoms. The zero-order chi connectivity index (χ0) is 14.5. The van der Waals surface area contributed by atoms with Crippen molar-refractivity contribution in [1.82, 2.24) is 15.0 Å². The molecular weight excluding hydrogens is 272 g/mol. The van der Waals surface area contributed by atoms with Crippen LogP contribution in [0.15, 0.2) is 34.6 Å². The molecule has 0 aliphatic carbocycles. The molecule has 0 unspecified atom stereocenters. The first-order chi connectivity index (χ1) is 9.54. The molecule has 2 heterocycles. The van der Waals surface area contributed by atoms with Gasteiger partial charge in [-0.1, -0.05) is 13.8 Å². The number of rotatable bonds is 5. The second kappa shape index (κ2) is 6.56. The van der Waals surface area contributed by atoms with Crippen LogP contribution in [0.25, 0.3) is 0 Å². The van der Waals surface area contributed by atoms with E-state index in [0.717, 1.165) is 10.7 Å². The first-order valence-electron chi connectivity index (χ1n) is 6.41. The fourth-order valence-corrected chi connectivity index (χ4v) is 2.18. The van der Waals surface area contributed by atoms with Crippen molar-refractivity contribution >= 4 is 17.4 Å². The van der Waals surface area contributed by atoms with E-state index >= 15 is 0 Å². The Hall–Kier alpha value is -1.82. The molecule has 0 radical (unpaired) electrons. The van der Waals surface area contributed by atoms with E-state index in [0.29, 0.717) is 29.2 Å². The normalized spacial score (nSPS) is 10.8. The van der Waals surface area contributed by atoms with Crippen molar-refractivity contribution < 1.29 is 4.74 Å². The number of nitrogens with two attached hydrogens (primary N) is 1. The minimum atomic E-state index is 0.424. The van der Waals surface area contributed by atoms with Gasteiger partial charge in [0.05, 0.1) is 12.3 Å². The Morgan fingerprint density at radius 1 is 1.25 bits per heavy atom. The molecule has 5 nitrogen and oxygen atoms in total. The monoisotopic (exact) mass is 290 g/mol. The number of anilines is 1. The summed E-state index contributed by atoms with van der Waals surface area (Å²) in [5.41, 5.74) is 7.33. The minimum absolute atomic E-state index is 0.424. The largest absolute Gasteiger partial charge is 0.476 e. The van der Waals surface area contributed by atoms with Crippen LogP contribution in [-0.4, -0.2) is 21.6 Å². The lowest BCUT2D eigenvalue weighted by atomic mass is 10.2. The molecule has 0 aliphatic heterocycles. The highest BCUT2D eigenvalue weighted by Gasteiger charge is 2.08. The Morgan fingerprint density at radius 2 is 2.05 bits per heavy atom. The second-order valence-electron chi connectivity index (χ2n) is 4.83. The smallest absolute Gasteiger partial charge is 0.238 e. The van der Waals surface area contributed by atoms with Gasteiger partial charge in [-0.15, -0.1) is 0 Å².